The largest absolute Gasteiger partial charge is 3.00 e. The smallest absolute Gasteiger partial charge is 0.867 e. The molecule has 3 amide bonds. The summed E-state index contributed by atoms with van der Waals surface area (Å²) in [7, 11) is 0. The molecule has 0 saturated carbocycles. The van der Waals surface area contributed by atoms with Gasteiger partial charge in [-0.25, -0.2) is 0 Å². The summed E-state index contributed by atoms with van der Waals surface area (Å²) in [5, 5.41) is 55.0. The van der Waals surface area contributed by atoms with E-state index in [0.717, 1.165) is 37.0 Å². The monoisotopic (exact) mass is 801 g/mol. The molecule has 0 aliphatic heterocycles. The van der Waals surface area contributed by atoms with Crippen molar-refractivity contribution in [2.45, 2.75) is 44.1 Å². The fourth-order valence-electron chi connectivity index (χ4n) is 4.43. The average molecular weight is 801 g/mol. The molecule has 3 N–H and O–H groups in total. The van der Waals surface area contributed by atoms with Crippen LogP contribution in [0.5, 0.6) is 17.2 Å². The number of hydrogen-bond donors (Lipinski definition) is 3. The first-order valence-electron chi connectivity index (χ1n) is 13.7. The Bertz CT molecular complexity index is 1570. The van der Waals surface area contributed by atoms with Gasteiger partial charge in [-0.1, -0.05) is 0 Å². The van der Waals surface area contributed by atoms with Crippen molar-refractivity contribution >= 4 is 17.7 Å². The van der Waals surface area contributed by atoms with Gasteiger partial charge < -0.3 is 44.5 Å². The van der Waals surface area contributed by atoms with Crippen molar-refractivity contribution in [2.24, 2.45) is 0 Å². The molecule has 251 valence electrons. The predicted octanol–water partition coefficient (Wildman–Crippen LogP) is -1.29. The van der Waals surface area contributed by atoms with Crippen LogP contribution >= 0.6 is 0 Å². The standard InChI is InChI=1S/C28H30N4O14.Gd/c33-16-4-13-44-22(19(16)36)25(39)29-10-1-7-28(32(42)43,8-2-11-30-26(40)23-20(37)17(34)5-14-45-23)9-3-12-31-27(41)24-21(38)18(35)6-15-46-24;/h4-6,13-15,36-38H,1-3,7-12H2,(H,29,39)(H,30,40)(H,31,41);/q;+3/p-3. The molecule has 0 aliphatic carbocycles. The summed E-state index contributed by atoms with van der Waals surface area (Å²) in [5.74, 6) is -8.66. The van der Waals surface area contributed by atoms with E-state index in [1.165, 1.54) is 0 Å². The minimum Gasteiger partial charge on any atom is -0.867 e. The van der Waals surface area contributed by atoms with E-state index in [9.17, 15) is 54.2 Å². The maximum atomic E-state index is 12.4. The van der Waals surface area contributed by atoms with Gasteiger partial charge >= 0.3 is 39.9 Å². The van der Waals surface area contributed by atoms with Crippen LogP contribution in [0.4, 0.5) is 0 Å². The van der Waals surface area contributed by atoms with Gasteiger partial charge in [0.2, 0.25) is 5.54 Å². The minimum atomic E-state index is -1.67. The van der Waals surface area contributed by atoms with Gasteiger partial charge in [0.15, 0.2) is 33.6 Å². The second-order valence-corrected chi connectivity index (χ2v) is 9.89. The van der Waals surface area contributed by atoms with Gasteiger partial charge in [-0.3, -0.25) is 38.9 Å². The molecule has 0 unspecified atom stereocenters. The molecular formula is C28H27GdN4O14. The number of hydrogen-bond acceptors (Lipinski definition) is 14. The second kappa shape index (κ2) is 17.9. The van der Waals surface area contributed by atoms with Crippen molar-refractivity contribution in [1.29, 1.82) is 0 Å². The molecule has 1 radical (unpaired) electrons. The summed E-state index contributed by atoms with van der Waals surface area (Å²) < 4.78 is 14.4. The van der Waals surface area contributed by atoms with Crippen LogP contribution < -0.4 is 47.6 Å². The van der Waals surface area contributed by atoms with E-state index in [2.05, 4.69) is 16.0 Å². The number of carbonyl (C=O) groups excluding carboxylic acids is 3. The fourth-order valence-corrected chi connectivity index (χ4v) is 4.43. The van der Waals surface area contributed by atoms with Crippen LogP contribution in [0.15, 0.2) is 64.6 Å². The Balaban J connectivity index is 0.00000768. The summed E-state index contributed by atoms with van der Waals surface area (Å²) in [4.78, 5) is 83.2. The Kier molecular flexibility index (Phi) is 14.7. The second-order valence-electron chi connectivity index (χ2n) is 9.89. The number of carbonyl (C=O) groups is 3. The van der Waals surface area contributed by atoms with Crippen LogP contribution in [-0.4, -0.2) is 47.8 Å². The van der Waals surface area contributed by atoms with E-state index in [1.54, 1.807) is 0 Å². The SMILES string of the molecule is O=C(NCCCC(CCCNC(=O)c1occc(=O)c1[O-])(CCCNC(=O)c1occc(=O)c1[O-])[N+](=O)[O-])c1occc(=O)c1[O-].[Gd+3]. The number of rotatable bonds is 16. The first-order valence-corrected chi connectivity index (χ1v) is 13.7. The summed E-state index contributed by atoms with van der Waals surface area (Å²) in [6, 6.07) is 2.54. The maximum Gasteiger partial charge on any atom is 3.00 e. The van der Waals surface area contributed by atoms with Crippen molar-refractivity contribution in [1.82, 2.24) is 16.0 Å². The fraction of sp³-hybridized carbons (Fsp3) is 0.357. The van der Waals surface area contributed by atoms with E-state index in [4.69, 9.17) is 13.3 Å². The molecule has 0 spiro atoms. The molecule has 0 fully saturated rings. The molecule has 0 aromatic carbocycles. The first-order chi connectivity index (χ1) is 21.9. The molecule has 3 rings (SSSR count). The van der Waals surface area contributed by atoms with Crippen LogP contribution in [0, 0.1) is 50.1 Å². The van der Waals surface area contributed by atoms with Gasteiger partial charge in [0.1, 0.15) is 0 Å². The van der Waals surface area contributed by atoms with Crippen molar-refractivity contribution in [3.8, 4) is 17.2 Å². The zero-order valence-corrected chi connectivity index (χ0v) is 26.6. The van der Waals surface area contributed by atoms with E-state index >= 15 is 0 Å². The molecule has 3 aromatic heterocycles. The number of nitrogens with zero attached hydrogens (tertiary/aromatic N) is 1. The quantitative estimate of drug-likeness (QED) is 0.0864. The summed E-state index contributed by atoms with van der Waals surface area (Å²) >= 11 is 0. The van der Waals surface area contributed by atoms with Crippen LogP contribution in [0.1, 0.15) is 70.2 Å². The number of nitrogens with one attached hydrogen (secondary N) is 3. The van der Waals surface area contributed by atoms with Crippen molar-refractivity contribution in [3.63, 3.8) is 0 Å². The van der Waals surface area contributed by atoms with Gasteiger partial charge in [-0.2, -0.15) is 0 Å². The maximum absolute atomic E-state index is 12.4. The van der Waals surface area contributed by atoms with Crippen LogP contribution in [-0.2, 0) is 0 Å². The van der Waals surface area contributed by atoms with Crippen molar-refractivity contribution < 1.29 is 87.8 Å². The van der Waals surface area contributed by atoms with Gasteiger partial charge in [-0.15, -0.1) is 0 Å². The Morgan fingerprint density at radius 3 is 1.15 bits per heavy atom. The molecule has 47 heavy (non-hydrogen) atoms. The zero-order chi connectivity index (χ0) is 33.9. The minimum absolute atomic E-state index is 0. The Morgan fingerprint density at radius 1 is 0.617 bits per heavy atom. The Labute approximate surface area is 296 Å². The zero-order valence-electron chi connectivity index (χ0n) is 24.3. The first kappa shape index (κ1) is 38.6. The topological polar surface area (TPSA) is 290 Å². The van der Waals surface area contributed by atoms with Gasteiger partial charge in [0, 0.05) is 62.0 Å². The molecule has 19 heteroatoms. The average Bonchev–Trinajstić information content (AvgIpc) is 3.02. The molecule has 0 atom stereocenters. The van der Waals surface area contributed by atoms with Crippen LogP contribution in [0.25, 0.3) is 0 Å². The molecule has 3 aromatic rings. The number of nitro groups is 1. The third-order valence-electron chi connectivity index (χ3n) is 6.83. The molecule has 0 aliphatic rings. The van der Waals surface area contributed by atoms with Gasteiger partial charge in [-0.05, 0) is 36.5 Å². The van der Waals surface area contributed by atoms with Crippen molar-refractivity contribution in [2.75, 3.05) is 19.6 Å². The van der Waals surface area contributed by atoms with E-state index in [-0.39, 0.29) is 98.1 Å². The molecule has 18 nitrogen and oxygen atoms in total. The molecule has 0 saturated heterocycles. The van der Waals surface area contributed by atoms with E-state index < -0.39 is 79.0 Å². The van der Waals surface area contributed by atoms with E-state index in [1.807, 2.05) is 0 Å². The normalized spacial score (nSPS) is 10.8. The predicted molar refractivity (Wildman–Crippen MR) is 148 cm³/mol. The molecule has 0 bridgehead atoms. The van der Waals surface area contributed by atoms with Gasteiger partial charge in [0.25, 0.3) is 17.7 Å². The third-order valence-corrected chi connectivity index (χ3v) is 6.83. The van der Waals surface area contributed by atoms with E-state index in [0.29, 0.717) is 0 Å². The van der Waals surface area contributed by atoms with Gasteiger partial charge in [0.05, 0.1) is 18.8 Å². The Morgan fingerprint density at radius 2 is 0.894 bits per heavy atom. The van der Waals surface area contributed by atoms with Crippen LogP contribution in [0.2, 0.25) is 0 Å². The summed E-state index contributed by atoms with van der Waals surface area (Å²) in [5.41, 5.74) is -4.53. The third kappa shape index (κ3) is 10.2. The molecule has 3 heterocycles. The van der Waals surface area contributed by atoms with Crippen molar-refractivity contribution in [3.05, 3.63) is 95.1 Å². The Hall–Kier alpha value is -4.62. The van der Waals surface area contributed by atoms with Crippen LogP contribution in [0.3, 0.4) is 0 Å². The summed E-state index contributed by atoms with van der Waals surface area (Å²) in [6.07, 6.45) is 2.26. The number of amides is 3. The summed E-state index contributed by atoms with van der Waals surface area (Å²) in [6.45, 7) is -0.463. The molecular weight excluding hydrogens is 774 g/mol.